The molecule has 0 bridgehead atoms. The van der Waals surface area contributed by atoms with Gasteiger partial charge in [0, 0.05) is 5.92 Å². The Hall–Kier alpha value is -2.08. The Balaban J connectivity index is 2.35. The molecule has 0 spiro atoms. The highest BCUT2D eigenvalue weighted by Crippen LogP contribution is 2.31. The second kappa shape index (κ2) is 8.38. The van der Waals surface area contributed by atoms with E-state index in [-0.39, 0.29) is 0 Å². The highest BCUT2D eigenvalue weighted by molar-refractivity contribution is 5.52. The predicted octanol–water partition coefficient (Wildman–Crippen LogP) is 6.68. The van der Waals surface area contributed by atoms with Gasteiger partial charge in [-0.05, 0) is 28.7 Å². The zero-order chi connectivity index (χ0) is 15.8. The van der Waals surface area contributed by atoms with E-state index in [2.05, 4.69) is 68.6 Å². The molecule has 0 aliphatic heterocycles. The number of unbranched alkanes of at least 4 members (excludes halogenated alkanes) is 2. The van der Waals surface area contributed by atoms with Crippen molar-refractivity contribution in [1.82, 2.24) is 0 Å². The van der Waals surface area contributed by atoms with Crippen molar-refractivity contribution in [2.24, 2.45) is 0 Å². The predicted molar refractivity (Wildman–Crippen MR) is 99.1 cm³/mol. The Bertz CT molecular complexity index is 570. The molecule has 0 aromatic heterocycles. The van der Waals surface area contributed by atoms with Crippen molar-refractivity contribution in [3.8, 4) is 0 Å². The Morgan fingerprint density at radius 2 is 1.41 bits per heavy atom. The summed E-state index contributed by atoms with van der Waals surface area (Å²) in [6.45, 7) is 10.0. The first kappa shape index (κ1) is 16.3. The second-order valence-electron chi connectivity index (χ2n) is 5.80. The Labute approximate surface area is 135 Å². The Kier molecular flexibility index (Phi) is 6.21. The summed E-state index contributed by atoms with van der Waals surface area (Å²) in [5.74, 6) is 0.450. The highest BCUT2D eigenvalue weighted by Gasteiger charge is 2.14. The van der Waals surface area contributed by atoms with E-state index < -0.39 is 0 Å². The van der Waals surface area contributed by atoms with E-state index in [1.165, 1.54) is 47.9 Å². The summed E-state index contributed by atoms with van der Waals surface area (Å²) in [4.78, 5) is 0. The Morgan fingerprint density at radius 1 is 0.864 bits per heavy atom. The van der Waals surface area contributed by atoms with Crippen molar-refractivity contribution in [2.75, 3.05) is 0 Å². The minimum absolute atomic E-state index is 0.450. The van der Waals surface area contributed by atoms with Crippen molar-refractivity contribution >= 4 is 12.2 Å². The largest absolute Gasteiger partial charge is 0.0985 e. The number of hydrogen-bond donors (Lipinski definition) is 0. The van der Waals surface area contributed by atoms with Crippen LogP contribution < -0.4 is 0 Å². The van der Waals surface area contributed by atoms with Crippen molar-refractivity contribution in [3.63, 3.8) is 0 Å². The average molecular weight is 290 g/mol. The maximum atomic E-state index is 3.89. The molecule has 0 atom stereocenters. The van der Waals surface area contributed by atoms with Crippen LogP contribution in [0.1, 0.15) is 60.8 Å². The number of rotatable bonds is 8. The van der Waals surface area contributed by atoms with Crippen LogP contribution in [0.4, 0.5) is 0 Å². The molecule has 0 N–H and O–H groups in total. The molecule has 0 amide bonds. The first-order chi connectivity index (χ1) is 10.8. The summed E-state index contributed by atoms with van der Waals surface area (Å²) in [5, 5.41) is 0. The van der Waals surface area contributed by atoms with Crippen molar-refractivity contribution in [1.29, 1.82) is 0 Å². The van der Waals surface area contributed by atoms with E-state index in [9.17, 15) is 0 Å². The lowest BCUT2D eigenvalue weighted by atomic mass is 9.85. The molecule has 2 aromatic carbocycles. The smallest absolute Gasteiger partial charge is 0.00897 e. The minimum Gasteiger partial charge on any atom is -0.0985 e. The average Bonchev–Trinajstić information content (AvgIpc) is 2.59. The first-order valence-corrected chi connectivity index (χ1v) is 8.23. The van der Waals surface area contributed by atoms with Gasteiger partial charge in [0.05, 0.1) is 0 Å². The maximum absolute atomic E-state index is 3.89. The summed E-state index contributed by atoms with van der Waals surface area (Å²) in [6, 6.07) is 17.5. The molecular weight excluding hydrogens is 264 g/mol. The molecule has 0 aliphatic carbocycles. The van der Waals surface area contributed by atoms with Gasteiger partial charge >= 0.3 is 0 Å². The van der Waals surface area contributed by atoms with E-state index in [0.29, 0.717) is 5.92 Å². The van der Waals surface area contributed by atoms with Crippen molar-refractivity contribution in [2.45, 2.75) is 38.5 Å². The van der Waals surface area contributed by atoms with Gasteiger partial charge in [0.2, 0.25) is 0 Å². The fraction of sp³-hybridized carbons (Fsp3) is 0.273. The summed E-state index contributed by atoms with van der Waals surface area (Å²) in [6.07, 6.45) is 8.84. The first-order valence-electron chi connectivity index (χ1n) is 8.23. The molecule has 0 aliphatic rings. The second-order valence-corrected chi connectivity index (χ2v) is 5.80. The molecule has 0 unspecified atom stereocenters. The van der Waals surface area contributed by atoms with E-state index in [4.69, 9.17) is 0 Å². The summed E-state index contributed by atoms with van der Waals surface area (Å²) in [7, 11) is 0. The molecule has 0 heterocycles. The standard InChI is InChI=1S/C22H26/c1-4-7-8-15-22(20-13-9-11-18(5-2)16-20)21-14-10-12-19(6-3)17-21/h5-6,9-14,16-17,22H,2-4,7-8,15H2,1H3. The van der Waals surface area contributed by atoms with E-state index in [0.717, 1.165) is 0 Å². The molecule has 0 saturated heterocycles. The lowest BCUT2D eigenvalue weighted by Crippen LogP contribution is -2.02. The zero-order valence-corrected chi connectivity index (χ0v) is 13.6. The van der Waals surface area contributed by atoms with Gasteiger partial charge in [0.15, 0.2) is 0 Å². The van der Waals surface area contributed by atoms with Crippen LogP contribution >= 0.6 is 0 Å². The normalized spacial score (nSPS) is 10.6. The quantitative estimate of drug-likeness (QED) is 0.475. The van der Waals surface area contributed by atoms with Crippen LogP contribution in [-0.2, 0) is 0 Å². The molecule has 114 valence electrons. The van der Waals surface area contributed by atoms with Gasteiger partial charge < -0.3 is 0 Å². The van der Waals surface area contributed by atoms with Crippen LogP contribution in [0, 0.1) is 0 Å². The van der Waals surface area contributed by atoms with Crippen LogP contribution in [0.25, 0.3) is 12.2 Å². The van der Waals surface area contributed by atoms with Crippen molar-refractivity contribution in [3.05, 3.63) is 83.9 Å². The molecular formula is C22H26. The third-order valence-corrected chi connectivity index (χ3v) is 4.19. The van der Waals surface area contributed by atoms with Gasteiger partial charge in [-0.2, -0.15) is 0 Å². The molecule has 0 heteroatoms. The molecule has 0 nitrogen and oxygen atoms in total. The van der Waals surface area contributed by atoms with Gasteiger partial charge in [-0.15, -0.1) is 0 Å². The fourth-order valence-corrected chi connectivity index (χ4v) is 2.93. The topological polar surface area (TPSA) is 0 Å². The van der Waals surface area contributed by atoms with Crippen LogP contribution in [0.5, 0.6) is 0 Å². The van der Waals surface area contributed by atoms with Gasteiger partial charge in [0.1, 0.15) is 0 Å². The third-order valence-electron chi connectivity index (χ3n) is 4.19. The van der Waals surface area contributed by atoms with E-state index in [1.807, 2.05) is 12.2 Å². The maximum Gasteiger partial charge on any atom is 0.00897 e. The SMILES string of the molecule is C=Cc1cccc(C(CCCCC)c2cccc(C=C)c2)c1. The molecule has 0 radical (unpaired) electrons. The number of hydrogen-bond acceptors (Lipinski definition) is 0. The van der Waals surface area contributed by atoms with Gasteiger partial charge in [-0.3, -0.25) is 0 Å². The highest BCUT2D eigenvalue weighted by atomic mass is 14.2. The van der Waals surface area contributed by atoms with Gasteiger partial charge in [0.25, 0.3) is 0 Å². The van der Waals surface area contributed by atoms with E-state index in [1.54, 1.807) is 0 Å². The lowest BCUT2D eigenvalue weighted by Gasteiger charge is -2.19. The number of benzene rings is 2. The monoisotopic (exact) mass is 290 g/mol. The summed E-state index contributed by atoms with van der Waals surface area (Å²) >= 11 is 0. The van der Waals surface area contributed by atoms with Crippen molar-refractivity contribution < 1.29 is 0 Å². The molecule has 0 saturated carbocycles. The van der Waals surface area contributed by atoms with Crippen LogP contribution in [0.15, 0.2) is 61.7 Å². The molecule has 2 rings (SSSR count). The molecule has 0 fully saturated rings. The fourth-order valence-electron chi connectivity index (χ4n) is 2.93. The molecule has 22 heavy (non-hydrogen) atoms. The van der Waals surface area contributed by atoms with Crippen LogP contribution in [-0.4, -0.2) is 0 Å². The van der Waals surface area contributed by atoms with Crippen LogP contribution in [0.3, 0.4) is 0 Å². The third kappa shape index (κ3) is 4.21. The zero-order valence-electron chi connectivity index (χ0n) is 13.6. The van der Waals surface area contributed by atoms with E-state index >= 15 is 0 Å². The summed E-state index contributed by atoms with van der Waals surface area (Å²) in [5.41, 5.74) is 5.15. The minimum atomic E-state index is 0.450. The lowest BCUT2D eigenvalue weighted by molar-refractivity contribution is 0.618. The molecule has 2 aromatic rings. The van der Waals surface area contributed by atoms with Crippen LogP contribution in [0.2, 0.25) is 0 Å². The summed E-state index contributed by atoms with van der Waals surface area (Å²) < 4.78 is 0. The van der Waals surface area contributed by atoms with Gasteiger partial charge in [-0.1, -0.05) is 100 Å². The Morgan fingerprint density at radius 3 is 1.86 bits per heavy atom. The van der Waals surface area contributed by atoms with Gasteiger partial charge in [-0.25, -0.2) is 0 Å².